The maximum absolute atomic E-state index is 12.1. The molecule has 1 unspecified atom stereocenters. The molecule has 0 aromatic rings. The molecule has 1 N–H and O–H groups in total. The first kappa shape index (κ1) is 28.7. The highest BCUT2D eigenvalue weighted by molar-refractivity contribution is 7.47. The fraction of sp³-hybridized carbons (Fsp3) is 0.920. The molecule has 1 atom stereocenters. The summed E-state index contributed by atoms with van der Waals surface area (Å²) in [5, 5.41) is 0. The van der Waals surface area contributed by atoms with Gasteiger partial charge in [0, 0.05) is 19.3 Å². The van der Waals surface area contributed by atoms with Gasteiger partial charge in [0.15, 0.2) is 0 Å². The van der Waals surface area contributed by atoms with Crippen LogP contribution in [0.25, 0.3) is 0 Å². The number of hydrogen-bond donors (Lipinski definition) is 1. The van der Waals surface area contributed by atoms with Gasteiger partial charge in [-0.2, -0.15) is 0 Å². The van der Waals surface area contributed by atoms with Crippen LogP contribution in [0.5, 0.6) is 0 Å². The standard InChI is InChI=1S/C25H48NO4P/c1-4-5-6-7-8-9-10-11-12-13-14-15-16-17-18-19-24-29-31(27,28)30-25-20-22-26(2,3)23-21-25/h1,25H,5-24H2,2-3H3/p+1. The summed E-state index contributed by atoms with van der Waals surface area (Å²) in [5.41, 5.74) is 0. The summed E-state index contributed by atoms with van der Waals surface area (Å²) in [7, 11) is 0.450. The summed E-state index contributed by atoms with van der Waals surface area (Å²) >= 11 is 0. The molecule has 0 saturated carbocycles. The molecule has 1 aliphatic heterocycles. The van der Waals surface area contributed by atoms with Gasteiger partial charge in [-0.15, -0.1) is 12.3 Å². The van der Waals surface area contributed by atoms with Gasteiger partial charge < -0.3 is 9.38 Å². The topological polar surface area (TPSA) is 55.8 Å². The van der Waals surface area contributed by atoms with Crippen LogP contribution in [0, 0.1) is 12.3 Å². The van der Waals surface area contributed by atoms with Gasteiger partial charge in [0.05, 0.1) is 39.9 Å². The Balaban J connectivity index is 1.84. The molecular formula is C25H49NO4P+. The van der Waals surface area contributed by atoms with Crippen LogP contribution in [-0.2, 0) is 13.6 Å². The number of likely N-dealkylation sites (tertiary alicyclic amines) is 1. The molecule has 5 nitrogen and oxygen atoms in total. The molecule has 31 heavy (non-hydrogen) atoms. The number of piperidine rings is 1. The van der Waals surface area contributed by atoms with Gasteiger partial charge in [-0.25, -0.2) is 4.57 Å². The van der Waals surface area contributed by atoms with Crippen molar-refractivity contribution in [3.63, 3.8) is 0 Å². The first-order chi connectivity index (χ1) is 14.8. The highest BCUT2D eigenvalue weighted by Gasteiger charge is 2.32. The van der Waals surface area contributed by atoms with Crippen LogP contribution in [0.1, 0.15) is 109 Å². The number of rotatable bonds is 19. The maximum Gasteiger partial charge on any atom is 0.472 e. The van der Waals surface area contributed by atoms with Gasteiger partial charge in [0.1, 0.15) is 0 Å². The normalized spacial score (nSPS) is 18.5. The summed E-state index contributed by atoms with van der Waals surface area (Å²) in [6, 6.07) is 0. The molecule has 1 rings (SSSR count). The fourth-order valence-electron chi connectivity index (χ4n) is 4.20. The van der Waals surface area contributed by atoms with Crippen molar-refractivity contribution in [2.45, 2.75) is 115 Å². The van der Waals surface area contributed by atoms with E-state index in [4.69, 9.17) is 15.5 Å². The Hall–Kier alpha value is -0.370. The van der Waals surface area contributed by atoms with Gasteiger partial charge in [-0.1, -0.05) is 77.0 Å². The summed E-state index contributed by atoms with van der Waals surface area (Å²) in [5.74, 6) is 2.71. The zero-order valence-corrected chi connectivity index (χ0v) is 21.3. The molecule has 0 aromatic carbocycles. The molecular weight excluding hydrogens is 409 g/mol. The second kappa shape index (κ2) is 17.2. The van der Waals surface area contributed by atoms with Crippen molar-refractivity contribution in [3.8, 4) is 12.3 Å². The summed E-state index contributed by atoms with van der Waals surface area (Å²) in [6.07, 6.45) is 25.2. The summed E-state index contributed by atoms with van der Waals surface area (Å²) < 4.78 is 23.6. The minimum Gasteiger partial charge on any atom is -0.328 e. The maximum atomic E-state index is 12.1. The van der Waals surface area contributed by atoms with Crippen molar-refractivity contribution in [2.75, 3.05) is 33.8 Å². The predicted octanol–water partition coefficient (Wildman–Crippen LogP) is 6.84. The summed E-state index contributed by atoms with van der Waals surface area (Å²) in [4.78, 5) is 9.92. The molecule has 6 heteroatoms. The minimum atomic E-state index is -3.91. The molecule has 0 amide bonds. The molecule has 0 aliphatic carbocycles. The smallest absolute Gasteiger partial charge is 0.328 e. The van der Waals surface area contributed by atoms with Crippen LogP contribution in [0.15, 0.2) is 0 Å². The minimum absolute atomic E-state index is 0.152. The van der Waals surface area contributed by atoms with Crippen LogP contribution >= 0.6 is 7.82 Å². The monoisotopic (exact) mass is 458 g/mol. The zero-order chi connectivity index (χ0) is 22.8. The van der Waals surface area contributed by atoms with E-state index in [1.165, 1.54) is 77.0 Å². The van der Waals surface area contributed by atoms with Crippen molar-refractivity contribution >= 4 is 7.82 Å². The van der Waals surface area contributed by atoms with Gasteiger partial charge in [-0.05, 0) is 12.8 Å². The van der Waals surface area contributed by atoms with Crippen molar-refractivity contribution in [1.29, 1.82) is 0 Å². The number of terminal acetylenes is 1. The molecule has 1 fully saturated rings. The van der Waals surface area contributed by atoms with Crippen molar-refractivity contribution in [1.82, 2.24) is 0 Å². The average molecular weight is 459 g/mol. The molecule has 0 bridgehead atoms. The number of unbranched alkanes of at least 4 members (excludes halogenated alkanes) is 14. The first-order valence-electron chi connectivity index (χ1n) is 12.8. The highest BCUT2D eigenvalue weighted by atomic mass is 31.2. The third kappa shape index (κ3) is 16.9. The number of phosphoric ester groups is 1. The van der Waals surface area contributed by atoms with E-state index in [-0.39, 0.29) is 6.10 Å². The quantitative estimate of drug-likeness (QED) is 0.0996. The zero-order valence-electron chi connectivity index (χ0n) is 20.4. The van der Waals surface area contributed by atoms with E-state index in [0.717, 1.165) is 49.7 Å². The lowest BCUT2D eigenvalue weighted by molar-refractivity contribution is -0.896. The lowest BCUT2D eigenvalue weighted by atomic mass is 10.0. The lowest BCUT2D eigenvalue weighted by Crippen LogP contribution is -2.47. The second-order valence-corrected chi connectivity index (χ2v) is 11.3. The number of phosphoric acid groups is 1. The van der Waals surface area contributed by atoms with E-state index in [9.17, 15) is 9.46 Å². The van der Waals surface area contributed by atoms with E-state index in [2.05, 4.69) is 20.0 Å². The Morgan fingerprint density at radius 2 is 1.26 bits per heavy atom. The Morgan fingerprint density at radius 1 is 0.839 bits per heavy atom. The number of hydrogen-bond acceptors (Lipinski definition) is 3. The van der Waals surface area contributed by atoms with Crippen molar-refractivity contribution in [3.05, 3.63) is 0 Å². The molecule has 1 saturated heterocycles. The van der Waals surface area contributed by atoms with E-state index < -0.39 is 7.82 Å². The fourth-order valence-corrected chi connectivity index (χ4v) is 5.21. The van der Waals surface area contributed by atoms with Crippen LogP contribution < -0.4 is 0 Å². The second-order valence-electron chi connectivity index (χ2n) is 9.89. The van der Waals surface area contributed by atoms with Gasteiger partial charge in [-0.3, -0.25) is 9.05 Å². The SMILES string of the molecule is C#CCCCCCCCCCCCCCCCCOP(=O)(O)OC1CC[N+](C)(C)CC1. The molecule has 0 spiro atoms. The number of quaternary nitrogens is 1. The van der Waals surface area contributed by atoms with E-state index in [0.29, 0.717) is 6.61 Å². The Bertz CT molecular complexity index is 522. The molecule has 0 radical (unpaired) electrons. The van der Waals surface area contributed by atoms with Crippen molar-refractivity contribution in [2.24, 2.45) is 0 Å². The molecule has 182 valence electrons. The Labute approximate surface area is 192 Å². The third-order valence-electron chi connectivity index (χ3n) is 6.36. The predicted molar refractivity (Wildman–Crippen MR) is 130 cm³/mol. The van der Waals surface area contributed by atoms with Crippen LogP contribution in [0.4, 0.5) is 0 Å². The van der Waals surface area contributed by atoms with Gasteiger partial charge in [0.25, 0.3) is 0 Å². The third-order valence-corrected chi connectivity index (χ3v) is 7.44. The molecule has 1 aliphatic rings. The highest BCUT2D eigenvalue weighted by Crippen LogP contribution is 2.46. The van der Waals surface area contributed by atoms with Crippen molar-refractivity contribution < 1.29 is 23.0 Å². The Kier molecular flexibility index (Phi) is 15.9. The number of nitrogens with zero attached hydrogens (tertiary/aromatic N) is 1. The average Bonchev–Trinajstić information content (AvgIpc) is 2.72. The van der Waals surface area contributed by atoms with E-state index in [1.807, 2.05) is 0 Å². The first-order valence-corrected chi connectivity index (χ1v) is 14.3. The van der Waals surface area contributed by atoms with Gasteiger partial charge >= 0.3 is 7.82 Å². The van der Waals surface area contributed by atoms with Crippen LogP contribution in [0.3, 0.4) is 0 Å². The van der Waals surface area contributed by atoms with E-state index >= 15 is 0 Å². The molecule has 0 aromatic heterocycles. The lowest BCUT2D eigenvalue weighted by Gasteiger charge is -2.37. The largest absolute Gasteiger partial charge is 0.472 e. The Morgan fingerprint density at radius 3 is 1.71 bits per heavy atom. The van der Waals surface area contributed by atoms with Gasteiger partial charge in [0.2, 0.25) is 0 Å². The summed E-state index contributed by atoms with van der Waals surface area (Å²) in [6.45, 7) is 2.25. The van der Waals surface area contributed by atoms with Crippen LogP contribution in [0.2, 0.25) is 0 Å². The van der Waals surface area contributed by atoms with Crippen LogP contribution in [-0.4, -0.2) is 49.3 Å². The van der Waals surface area contributed by atoms with E-state index in [1.54, 1.807) is 0 Å². The molecule has 1 heterocycles.